The third-order valence-electron chi connectivity index (χ3n) is 5.95. The van der Waals surface area contributed by atoms with Crippen LogP contribution in [0.4, 0.5) is 34.9 Å². The van der Waals surface area contributed by atoms with Gasteiger partial charge in [-0.05, 0) is 43.2 Å². The lowest BCUT2D eigenvalue weighted by molar-refractivity contribution is -0.114. The quantitative estimate of drug-likeness (QED) is 0.568. The fourth-order valence-corrected chi connectivity index (χ4v) is 4.24. The average molecular weight is 461 g/mol. The van der Waals surface area contributed by atoms with Crippen LogP contribution in [0.15, 0.2) is 42.7 Å². The zero-order valence-corrected chi connectivity index (χ0v) is 19.2. The molecule has 34 heavy (non-hydrogen) atoms. The van der Waals surface area contributed by atoms with Crippen LogP contribution >= 0.6 is 0 Å². The Hall–Kier alpha value is -4.02. The molecule has 2 N–H and O–H groups in total. The highest BCUT2D eigenvalue weighted by molar-refractivity contribution is 5.89. The van der Waals surface area contributed by atoms with Gasteiger partial charge >= 0.3 is 0 Å². The van der Waals surface area contributed by atoms with Crippen LogP contribution in [0.5, 0.6) is 0 Å². The summed E-state index contributed by atoms with van der Waals surface area (Å²) in [5.41, 5.74) is 1.49. The van der Waals surface area contributed by atoms with E-state index in [2.05, 4.69) is 62.6 Å². The number of nitrogens with zero attached hydrogens (tertiary/aromatic N) is 8. The average Bonchev–Trinajstić information content (AvgIpc) is 3.40. The molecule has 4 heterocycles. The molecular weight excluding hydrogens is 432 g/mol. The molecule has 1 aromatic carbocycles. The number of anilines is 6. The smallest absolute Gasteiger partial charge is 0.231 e. The number of benzene rings is 1. The van der Waals surface area contributed by atoms with Crippen molar-refractivity contribution in [2.45, 2.75) is 19.8 Å². The molecule has 11 heteroatoms. The van der Waals surface area contributed by atoms with Crippen molar-refractivity contribution in [3.63, 3.8) is 0 Å². The molecule has 3 aromatic rings. The minimum atomic E-state index is -0.118. The maximum Gasteiger partial charge on any atom is 0.231 e. The fourth-order valence-electron chi connectivity index (χ4n) is 4.24. The zero-order chi connectivity index (χ0) is 23.3. The molecule has 11 nitrogen and oxygen atoms in total. The number of aromatic nitrogens is 5. The Kier molecular flexibility index (Phi) is 6.32. The van der Waals surface area contributed by atoms with Gasteiger partial charge in [-0.1, -0.05) is 6.07 Å². The molecule has 0 unspecified atom stereocenters. The van der Waals surface area contributed by atoms with E-state index in [9.17, 15) is 4.79 Å². The topological polar surface area (TPSA) is 115 Å². The molecule has 0 radical (unpaired) electrons. The number of carbonyl (C=O) groups excluding carboxylic acids is 1. The molecule has 2 aromatic heterocycles. The second-order valence-corrected chi connectivity index (χ2v) is 8.41. The van der Waals surface area contributed by atoms with Crippen molar-refractivity contribution in [3.8, 4) is 0 Å². The number of hydrogen-bond acceptors (Lipinski definition) is 10. The van der Waals surface area contributed by atoms with Crippen molar-refractivity contribution in [1.29, 1.82) is 0 Å². The SMILES string of the molecule is CC(=O)Nc1cccc(Nc2ncnc(N3CCN(c4ccc(N5CCCC5)nn4)CC3)n2)c1. The van der Waals surface area contributed by atoms with E-state index in [4.69, 9.17) is 0 Å². The summed E-state index contributed by atoms with van der Waals surface area (Å²) in [6.45, 7) is 6.78. The van der Waals surface area contributed by atoms with Crippen LogP contribution in [0, 0.1) is 0 Å². The second kappa shape index (κ2) is 9.86. The molecule has 2 saturated heterocycles. The molecule has 0 atom stereocenters. The minimum absolute atomic E-state index is 0.118. The van der Waals surface area contributed by atoms with Crippen molar-refractivity contribution < 1.29 is 4.79 Å². The molecule has 2 aliphatic rings. The Bertz CT molecular complexity index is 1120. The standard InChI is InChI=1S/C23H28N10O/c1-17(34)26-18-5-4-6-19(15-18)27-22-24-16-25-23(28-22)33-13-11-32(12-14-33)21-8-7-20(29-30-21)31-9-2-3-10-31/h4-8,15-16H,2-3,9-14H2,1H3,(H,26,34)(H,24,25,27,28). The van der Waals surface area contributed by atoms with E-state index in [1.807, 2.05) is 24.3 Å². The summed E-state index contributed by atoms with van der Waals surface area (Å²) in [6, 6.07) is 11.6. The number of piperazine rings is 1. The monoisotopic (exact) mass is 460 g/mol. The third-order valence-corrected chi connectivity index (χ3v) is 5.95. The minimum Gasteiger partial charge on any atom is -0.355 e. The highest BCUT2D eigenvalue weighted by atomic mass is 16.1. The Morgan fingerprint density at radius 2 is 1.47 bits per heavy atom. The summed E-state index contributed by atoms with van der Waals surface area (Å²) >= 11 is 0. The van der Waals surface area contributed by atoms with E-state index in [1.54, 1.807) is 0 Å². The molecule has 0 spiro atoms. The first-order valence-electron chi connectivity index (χ1n) is 11.6. The molecule has 0 bridgehead atoms. The normalized spacial score (nSPS) is 16.0. The molecule has 2 fully saturated rings. The van der Waals surface area contributed by atoms with Crippen molar-refractivity contribution in [1.82, 2.24) is 25.1 Å². The second-order valence-electron chi connectivity index (χ2n) is 8.41. The van der Waals surface area contributed by atoms with Gasteiger partial charge in [0, 0.05) is 57.6 Å². The van der Waals surface area contributed by atoms with Crippen LogP contribution in [0.25, 0.3) is 0 Å². The van der Waals surface area contributed by atoms with Gasteiger partial charge in [-0.15, -0.1) is 10.2 Å². The van der Waals surface area contributed by atoms with Crippen LogP contribution in [0.2, 0.25) is 0 Å². The third kappa shape index (κ3) is 5.13. The number of carbonyl (C=O) groups is 1. The van der Waals surface area contributed by atoms with E-state index in [0.29, 0.717) is 17.6 Å². The molecule has 0 aliphatic carbocycles. The number of nitrogens with one attached hydrogen (secondary N) is 2. The van der Waals surface area contributed by atoms with Gasteiger partial charge in [0.05, 0.1) is 0 Å². The lowest BCUT2D eigenvalue weighted by Crippen LogP contribution is -2.47. The van der Waals surface area contributed by atoms with E-state index in [-0.39, 0.29) is 5.91 Å². The van der Waals surface area contributed by atoms with Crippen molar-refractivity contribution >= 4 is 40.8 Å². The highest BCUT2D eigenvalue weighted by Gasteiger charge is 2.21. The molecule has 1 amide bonds. The first kappa shape index (κ1) is 21.8. The summed E-state index contributed by atoms with van der Waals surface area (Å²) in [7, 11) is 0. The van der Waals surface area contributed by atoms with Gasteiger partial charge in [0.15, 0.2) is 11.6 Å². The van der Waals surface area contributed by atoms with Crippen molar-refractivity contribution in [2.75, 3.05) is 64.6 Å². The maximum atomic E-state index is 11.3. The van der Waals surface area contributed by atoms with Crippen LogP contribution in [-0.2, 0) is 4.79 Å². The molecule has 5 rings (SSSR count). The van der Waals surface area contributed by atoms with Gasteiger partial charge in [0.2, 0.25) is 17.8 Å². The predicted octanol–water partition coefficient (Wildman–Crippen LogP) is 2.29. The van der Waals surface area contributed by atoms with Gasteiger partial charge in [-0.2, -0.15) is 4.98 Å². The summed E-state index contributed by atoms with van der Waals surface area (Å²) in [6.07, 6.45) is 3.96. The molecule has 2 aliphatic heterocycles. The Morgan fingerprint density at radius 1 is 0.824 bits per heavy atom. The van der Waals surface area contributed by atoms with Gasteiger partial charge in [-0.25, -0.2) is 9.97 Å². The van der Waals surface area contributed by atoms with E-state index >= 15 is 0 Å². The fraction of sp³-hybridized carbons (Fsp3) is 0.391. The van der Waals surface area contributed by atoms with Crippen LogP contribution in [-0.4, -0.2) is 70.3 Å². The van der Waals surface area contributed by atoms with Crippen LogP contribution in [0.3, 0.4) is 0 Å². The van der Waals surface area contributed by atoms with Gasteiger partial charge in [-0.3, -0.25) is 4.79 Å². The Labute approximate surface area is 198 Å². The predicted molar refractivity (Wildman–Crippen MR) is 132 cm³/mol. The lowest BCUT2D eigenvalue weighted by atomic mass is 10.3. The summed E-state index contributed by atoms with van der Waals surface area (Å²) in [4.78, 5) is 31.2. The lowest BCUT2D eigenvalue weighted by Gasteiger charge is -2.35. The maximum absolute atomic E-state index is 11.3. The van der Waals surface area contributed by atoms with Crippen LogP contribution < -0.4 is 25.3 Å². The summed E-state index contributed by atoms with van der Waals surface area (Å²) in [5, 5.41) is 14.9. The summed E-state index contributed by atoms with van der Waals surface area (Å²) < 4.78 is 0. The van der Waals surface area contributed by atoms with Gasteiger partial charge < -0.3 is 25.3 Å². The largest absolute Gasteiger partial charge is 0.355 e. The van der Waals surface area contributed by atoms with Gasteiger partial charge in [0.1, 0.15) is 6.33 Å². The summed E-state index contributed by atoms with van der Waals surface area (Å²) in [5.74, 6) is 2.83. The zero-order valence-electron chi connectivity index (χ0n) is 19.2. The van der Waals surface area contributed by atoms with Crippen molar-refractivity contribution in [3.05, 3.63) is 42.7 Å². The Morgan fingerprint density at radius 3 is 2.15 bits per heavy atom. The van der Waals surface area contributed by atoms with Crippen molar-refractivity contribution in [2.24, 2.45) is 0 Å². The molecular formula is C23H28N10O. The first-order valence-corrected chi connectivity index (χ1v) is 11.6. The number of hydrogen-bond donors (Lipinski definition) is 2. The van der Waals surface area contributed by atoms with E-state index in [1.165, 1.54) is 26.1 Å². The number of amides is 1. The Balaban J connectivity index is 1.19. The highest BCUT2D eigenvalue weighted by Crippen LogP contribution is 2.22. The van der Waals surface area contributed by atoms with Crippen LogP contribution in [0.1, 0.15) is 19.8 Å². The van der Waals surface area contributed by atoms with Gasteiger partial charge in [0.25, 0.3) is 0 Å². The first-order chi connectivity index (χ1) is 16.6. The van der Waals surface area contributed by atoms with E-state index < -0.39 is 0 Å². The van der Waals surface area contributed by atoms with E-state index in [0.717, 1.165) is 56.6 Å². The molecule has 0 saturated carbocycles. The molecule has 176 valence electrons. The number of rotatable bonds is 6.